The fraction of sp³-hybridized carbons (Fsp3) is 0.227. The van der Waals surface area contributed by atoms with Gasteiger partial charge in [0.1, 0.15) is 12.4 Å². The van der Waals surface area contributed by atoms with Crippen molar-refractivity contribution in [2.45, 2.75) is 26.6 Å². The zero-order valence-electron chi connectivity index (χ0n) is 15.6. The van der Waals surface area contributed by atoms with E-state index in [4.69, 9.17) is 21.1 Å². The SMILES string of the molecule is CCOc1cc(CNCc2cccnc2)c(Cl)cc1OCc1ccccc1F. The van der Waals surface area contributed by atoms with Crippen molar-refractivity contribution in [3.8, 4) is 11.5 Å². The minimum Gasteiger partial charge on any atom is -0.490 e. The average Bonchev–Trinajstić information content (AvgIpc) is 2.71. The Balaban J connectivity index is 1.69. The predicted molar refractivity (Wildman–Crippen MR) is 108 cm³/mol. The van der Waals surface area contributed by atoms with Gasteiger partial charge in [-0.2, -0.15) is 0 Å². The molecule has 0 spiro atoms. The Bertz CT molecular complexity index is 906. The Labute approximate surface area is 169 Å². The van der Waals surface area contributed by atoms with Crippen molar-refractivity contribution in [3.63, 3.8) is 0 Å². The van der Waals surface area contributed by atoms with Crippen molar-refractivity contribution in [1.82, 2.24) is 10.3 Å². The van der Waals surface area contributed by atoms with Crippen molar-refractivity contribution in [2.75, 3.05) is 6.61 Å². The topological polar surface area (TPSA) is 43.4 Å². The number of pyridine rings is 1. The van der Waals surface area contributed by atoms with Gasteiger partial charge in [0.2, 0.25) is 0 Å². The summed E-state index contributed by atoms with van der Waals surface area (Å²) in [7, 11) is 0. The number of hydrogen-bond donors (Lipinski definition) is 1. The highest BCUT2D eigenvalue weighted by Gasteiger charge is 2.12. The third-order valence-electron chi connectivity index (χ3n) is 4.12. The summed E-state index contributed by atoms with van der Waals surface area (Å²) in [4.78, 5) is 4.10. The molecule has 0 saturated heterocycles. The van der Waals surface area contributed by atoms with Gasteiger partial charge in [0.25, 0.3) is 0 Å². The maximum atomic E-state index is 13.8. The van der Waals surface area contributed by atoms with Gasteiger partial charge in [-0.25, -0.2) is 4.39 Å². The first-order chi connectivity index (χ1) is 13.7. The van der Waals surface area contributed by atoms with Crippen molar-refractivity contribution in [2.24, 2.45) is 0 Å². The number of aromatic nitrogens is 1. The summed E-state index contributed by atoms with van der Waals surface area (Å²) >= 11 is 6.43. The summed E-state index contributed by atoms with van der Waals surface area (Å²) in [5, 5.41) is 3.90. The zero-order valence-corrected chi connectivity index (χ0v) is 16.4. The number of benzene rings is 2. The van der Waals surface area contributed by atoms with Crippen LogP contribution in [0.1, 0.15) is 23.6 Å². The second-order valence-electron chi connectivity index (χ2n) is 6.17. The smallest absolute Gasteiger partial charge is 0.163 e. The Morgan fingerprint density at radius 3 is 2.57 bits per heavy atom. The highest BCUT2D eigenvalue weighted by atomic mass is 35.5. The van der Waals surface area contributed by atoms with Crippen LogP contribution in [0.5, 0.6) is 11.5 Å². The molecule has 0 aliphatic rings. The molecule has 0 fully saturated rings. The van der Waals surface area contributed by atoms with Gasteiger partial charge >= 0.3 is 0 Å². The molecule has 1 heterocycles. The molecular weight excluding hydrogens is 379 g/mol. The van der Waals surface area contributed by atoms with E-state index in [0.29, 0.717) is 41.8 Å². The fourth-order valence-electron chi connectivity index (χ4n) is 2.71. The largest absolute Gasteiger partial charge is 0.490 e. The van der Waals surface area contributed by atoms with E-state index in [1.165, 1.54) is 6.07 Å². The molecule has 146 valence electrons. The van der Waals surface area contributed by atoms with Crippen molar-refractivity contribution in [3.05, 3.63) is 88.5 Å². The lowest BCUT2D eigenvalue weighted by Gasteiger charge is -2.15. The lowest BCUT2D eigenvalue weighted by atomic mass is 10.2. The normalized spacial score (nSPS) is 10.7. The van der Waals surface area contributed by atoms with Gasteiger partial charge in [-0.1, -0.05) is 35.9 Å². The van der Waals surface area contributed by atoms with Crippen molar-refractivity contribution in [1.29, 1.82) is 0 Å². The van der Waals surface area contributed by atoms with E-state index in [0.717, 1.165) is 11.1 Å². The molecule has 28 heavy (non-hydrogen) atoms. The zero-order chi connectivity index (χ0) is 19.8. The molecule has 0 atom stereocenters. The molecule has 0 aliphatic heterocycles. The molecule has 4 nitrogen and oxygen atoms in total. The van der Waals surface area contributed by atoms with Crippen LogP contribution in [-0.4, -0.2) is 11.6 Å². The lowest BCUT2D eigenvalue weighted by molar-refractivity contribution is 0.265. The summed E-state index contributed by atoms with van der Waals surface area (Å²) in [5.41, 5.74) is 2.46. The van der Waals surface area contributed by atoms with E-state index in [1.807, 2.05) is 31.3 Å². The second-order valence-corrected chi connectivity index (χ2v) is 6.58. The van der Waals surface area contributed by atoms with Gasteiger partial charge in [-0.05, 0) is 36.2 Å². The van der Waals surface area contributed by atoms with Gasteiger partial charge in [0.05, 0.1) is 6.61 Å². The van der Waals surface area contributed by atoms with Crippen LogP contribution in [0.3, 0.4) is 0 Å². The van der Waals surface area contributed by atoms with Gasteiger partial charge in [-0.3, -0.25) is 4.98 Å². The molecule has 0 unspecified atom stereocenters. The van der Waals surface area contributed by atoms with E-state index in [2.05, 4.69) is 10.3 Å². The second kappa shape index (κ2) is 10.1. The first-order valence-corrected chi connectivity index (χ1v) is 9.46. The maximum Gasteiger partial charge on any atom is 0.163 e. The van der Waals surface area contributed by atoms with Gasteiger partial charge in [-0.15, -0.1) is 0 Å². The standard InChI is InChI=1S/C22H22ClFN2O2/c1-2-27-21-10-18(14-26-13-16-6-5-9-25-12-16)19(23)11-22(21)28-15-17-7-3-4-8-20(17)24/h3-12,26H,2,13-15H2,1H3. The van der Waals surface area contributed by atoms with Crippen LogP contribution >= 0.6 is 11.6 Å². The molecule has 3 aromatic rings. The predicted octanol–water partition coefficient (Wildman–Crippen LogP) is 5.14. The molecular formula is C22H22ClFN2O2. The van der Waals surface area contributed by atoms with Crippen molar-refractivity contribution >= 4 is 11.6 Å². The molecule has 0 saturated carbocycles. The number of rotatable bonds is 9. The Hall–Kier alpha value is -2.63. The average molecular weight is 401 g/mol. The first-order valence-electron chi connectivity index (χ1n) is 9.08. The summed E-state index contributed by atoms with van der Waals surface area (Å²) < 4.78 is 25.3. The van der Waals surface area contributed by atoms with E-state index >= 15 is 0 Å². The van der Waals surface area contributed by atoms with Crippen LogP contribution in [0.2, 0.25) is 5.02 Å². The Morgan fingerprint density at radius 1 is 1.00 bits per heavy atom. The molecule has 0 radical (unpaired) electrons. The highest BCUT2D eigenvalue weighted by Crippen LogP contribution is 2.34. The summed E-state index contributed by atoms with van der Waals surface area (Å²) in [6, 6.07) is 14.0. The van der Waals surface area contributed by atoms with Gasteiger partial charge < -0.3 is 14.8 Å². The number of hydrogen-bond acceptors (Lipinski definition) is 4. The molecule has 3 rings (SSSR count). The third-order valence-corrected chi connectivity index (χ3v) is 4.47. The van der Waals surface area contributed by atoms with Crippen molar-refractivity contribution < 1.29 is 13.9 Å². The van der Waals surface area contributed by atoms with Crippen LogP contribution in [0.4, 0.5) is 4.39 Å². The fourth-order valence-corrected chi connectivity index (χ4v) is 2.93. The lowest BCUT2D eigenvalue weighted by Crippen LogP contribution is -2.13. The van der Waals surface area contributed by atoms with Crippen LogP contribution in [-0.2, 0) is 19.7 Å². The third kappa shape index (κ3) is 5.44. The number of halogens is 2. The molecule has 2 aromatic carbocycles. The molecule has 0 bridgehead atoms. The van der Waals surface area contributed by atoms with Crippen LogP contribution < -0.4 is 14.8 Å². The number of nitrogens with zero attached hydrogens (tertiary/aromatic N) is 1. The molecule has 0 amide bonds. The maximum absolute atomic E-state index is 13.8. The van der Waals surface area contributed by atoms with E-state index < -0.39 is 0 Å². The van der Waals surface area contributed by atoms with Crippen LogP contribution in [0.25, 0.3) is 0 Å². The van der Waals surface area contributed by atoms with E-state index in [1.54, 1.807) is 30.5 Å². The molecule has 1 N–H and O–H groups in total. The summed E-state index contributed by atoms with van der Waals surface area (Å²) in [6.45, 7) is 3.73. The van der Waals surface area contributed by atoms with Gasteiger partial charge in [0.15, 0.2) is 11.5 Å². The Morgan fingerprint density at radius 2 is 1.82 bits per heavy atom. The number of nitrogens with one attached hydrogen (secondary N) is 1. The monoisotopic (exact) mass is 400 g/mol. The first kappa shape index (κ1) is 20.1. The highest BCUT2D eigenvalue weighted by molar-refractivity contribution is 6.31. The minimum atomic E-state index is -0.303. The molecule has 6 heteroatoms. The van der Waals surface area contributed by atoms with Crippen LogP contribution in [0, 0.1) is 5.82 Å². The molecule has 1 aromatic heterocycles. The van der Waals surface area contributed by atoms with E-state index in [-0.39, 0.29) is 12.4 Å². The van der Waals surface area contributed by atoms with E-state index in [9.17, 15) is 4.39 Å². The van der Waals surface area contributed by atoms with Gasteiger partial charge in [0, 0.05) is 42.1 Å². The quantitative estimate of drug-likeness (QED) is 0.540. The minimum absolute atomic E-state index is 0.0989. The van der Waals surface area contributed by atoms with Crippen LogP contribution in [0.15, 0.2) is 60.9 Å². The number of ether oxygens (including phenoxy) is 2. The summed E-state index contributed by atoms with van der Waals surface area (Å²) in [6.07, 6.45) is 3.56. The molecule has 0 aliphatic carbocycles. The summed E-state index contributed by atoms with van der Waals surface area (Å²) in [5.74, 6) is 0.773. The Kier molecular flexibility index (Phi) is 7.23.